The van der Waals surface area contributed by atoms with Crippen molar-refractivity contribution in [2.75, 3.05) is 6.61 Å². The molecule has 0 bridgehead atoms. The normalized spacial score (nSPS) is 10.3. The summed E-state index contributed by atoms with van der Waals surface area (Å²) in [5.41, 5.74) is -0.346. The lowest BCUT2D eigenvalue weighted by molar-refractivity contribution is 0.0935. The van der Waals surface area contributed by atoms with E-state index in [0.717, 1.165) is 0 Å². The number of carbonyl (C=O) groups is 1. The Kier molecular flexibility index (Phi) is 2.63. The van der Waals surface area contributed by atoms with Crippen molar-refractivity contribution >= 4 is 17.1 Å². The van der Waals surface area contributed by atoms with Crippen molar-refractivity contribution in [3.8, 4) is 5.95 Å². The van der Waals surface area contributed by atoms with Crippen LogP contribution in [0.4, 0.5) is 4.79 Å². The molecule has 0 spiro atoms. The molecule has 84 valence electrons. The maximum Gasteiger partial charge on any atom is 0.516 e. The van der Waals surface area contributed by atoms with Crippen molar-refractivity contribution in [3.05, 3.63) is 28.8 Å². The van der Waals surface area contributed by atoms with Crippen LogP contribution in [0.15, 0.2) is 32.0 Å². The van der Waals surface area contributed by atoms with Gasteiger partial charge in [-0.25, -0.2) is 9.59 Å². The van der Waals surface area contributed by atoms with Crippen molar-refractivity contribution in [2.45, 2.75) is 6.92 Å². The van der Waals surface area contributed by atoms with E-state index in [4.69, 9.17) is 8.83 Å². The molecule has 0 saturated carbocycles. The van der Waals surface area contributed by atoms with E-state index in [1.165, 1.54) is 18.4 Å². The summed E-state index contributed by atoms with van der Waals surface area (Å²) in [6, 6.07) is 2.77. The summed E-state index contributed by atoms with van der Waals surface area (Å²) in [5.74, 6) is -0.258. The monoisotopic (exact) mass is 224 g/mol. The van der Waals surface area contributed by atoms with Gasteiger partial charge in [-0.2, -0.15) is 0 Å². The molecule has 6 nitrogen and oxygen atoms in total. The van der Waals surface area contributed by atoms with E-state index in [-0.39, 0.29) is 23.5 Å². The largest absolute Gasteiger partial charge is 0.516 e. The Morgan fingerprint density at radius 3 is 3.06 bits per heavy atom. The summed E-state index contributed by atoms with van der Waals surface area (Å²) < 4.78 is 18.9. The van der Waals surface area contributed by atoms with Crippen LogP contribution in [-0.2, 0) is 4.74 Å². The molecule has 2 rings (SSSR count). The molecular formula is C10H8O6. The van der Waals surface area contributed by atoms with Gasteiger partial charge >= 0.3 is 17.7 Å². The Balaban J connectivity index is 2.31. The Morgan fingerprint density at radius 2 is 2.31 bits per heavy atom. The van der Waals surface area contributed by atoms with Crippen molar-refractivity contribution in [3.63, 3.8) is 0 Å². The molecule has 0 aromatic carbocycles. The molecule has 2 aromatic rings. The van der Waals surface area contributed by atoms with Crippen molar-refractivity contribution in [1.82, 2.24) is 0 Å². The summed E-state index contributed by atoms with van der Waals surface area (Å²) >= 11 is 0. The third kappa shape index (κ3) is 1.90. The number of fused-ring (bicyclic) bond motifs is 1. The summed E-state index contributed by atoms with van der Waals surface area (Å²) in [7, 11) is 0. The predicted octanol–water partition coefficient (Wildman–Crippen LogP) is 1.92. The topological polar surface area (TPSA) is 78.9 Å². The minimum Gasteiger partial charge on any atom is -0.464 e. The van der Waals surface area contributed by atoms with E-state index in [0.29, 0.717) is 0 Å². The molecule has 2 heterocycles. The maximum absolute atomic E-state index is 11.3. The number of hydrogen-bond donors (Lipinski definition) is 0. The number of ether oxygens (including phenoxy) is 2. The summed E-state index contributed by atoms with van der Waals surface area (Å²) in [6.07, 6.45) is 0.409. The second-order valence-electron chi connectivity index (χ2n) is 2.84. The molecule has 0 aliphatic rings. The van der Waals surface area contributed by atoms with E-state index in [2.05, 4.69) is 9.47 Å². The SMILES string of the molecule is CCOC(=O)Oc1cc2occc2c(=O)o1. The molecular weight excluding hydrogens is 216 g/mol. The Hall–Kier alpha value is -2.24. The molecule has 0 unspecified atom stereocenters. The van der Waals surface area contributed by atoms with Crippen LogP contribution in [0, 0.1) is 0 Å². The first kappa shape index (κ1) is 10.3. The number of furan rings is 1. The minimum absolute atomic E-state index is 0.173. The molecule has 0 atom stereocenters. The molecule has 0 saturated heterocycles. The lowest BCUT2D eigenvalue weighted by atomic mass is 10.3. The molecule has 0 amide bonds. The van der Waals surface area contributed by atoms with Crippen LogP contribution >= 0.6 is 0 Å². The second-order valence-corrected chi connectivity index (χ2v) is 2.84. The van der Waals surface area contributed by atoms with Crippen LogP contribution in [-0.4, -0.2) is 12.8 Å². The molecule has 6 heteroatoms. The second kappa shape index (κ2) is 4.09. The third-order valence-electron chi connectivity index (χ3n) is 1.80. The van der Waals surface area contributed by atoms with Gasteiger partial charge in [0.15, 0.2) is 0 Å². The summed E-state index contributed by atoms with van der Waals surface area (Å²) in [5, 5.41) is 0.288. The van der Waals surface area contributed by atoms with E-state index >= 15 is 0 Å². The van der Waals surface area contributed by atoms with Crippen LogP contribution in [0.3, 0.4) is 0 Å². The maximum atomic E-state index is 11.3. The van der Waals surface area contributed by atoms with E-state index in [9.17, 15) is 9.59 Å². The standard InChI is InChI=1S/C10H8O6/c1-2-13-10(12)16-8-5-7-6(3-4-14-7)9(11)15-8/h3-5H,2H2,1H3. The first-order valence-corrected chi connectivity index (χ1v) is 4.56. The molecule has 0 fully saturated rings. The molecule has 0 N–H and O–H groups in total. The quantitative estimate of drug-likeness (QED) is 0.725. The Morgan fingerprint density at radius 1 is 1.50 bits per heavy atom. The predicted molar refractivity (Wildman–Crippen MR) is 52.4 cm³/mol. The number of carbonyl (C=O) groups excluding carboxylic acids is 1. The molecule has 0 radical (unpaired) electrons. The van der Waals surface area contributed by atoms with Gasteiger partial charge in [-0.05, 0) is 13.0 Å². The molecule has 0 aliphatic heterocycles. The minimum atomic E-state index is -0.934. The summed E-state index contributed by atoms with van der Waals surface area (Å²) in [6.45, 7) is 1.80. The molecule has 2 aromatic heterocycles. The van der Waals surface area contributed by atoms with Crippen LogP contribution in [0.1, 0.15) is 6.92 Å². The highest BCUT2D eigenvalue weighted by atomic mass is 16.8. The van der Waals surface area contributed by atoms with Crippen LogP contribution in [0.2, 0.25) is 0 Å². The highest BCUT2D eigenvalue weighted by Crippen LogP contribution is 2.18. The highest BCUT2D eigenvalue weighted by molar-refractivity contribution is 5.76. The van der Waals surface area contributed by atoms with Crippen molar-refractivity contribution < 1.29 is 23.1 Å². The summed E-state index contributed by atoms with van der Waals surface area (Å²) in [4.78, 5) is 22.3. The Bertz CT molecular complexity index is 564. The zero-order chi connectivity index (χ0) is 11.5. The lowest BCUT2D eigenvalue weighted by Crippen LogP contribution is -2.11. The van der Waals surface area contributed by atoms with Crippen molar-refractivity contribution in [2.24, 2.45) is 0 Å². The van der Waals surface area contributed by atoms with Gasteiger partial charge in [-0.1, -0.05) is 0 Å². The van der Waals surface area contributed by atoms with E-state index < -0.39 is 11.8 Å². The molecule has 0 aliphatic carbocycles. The lowest BCUT2D eigenvalue weighted by Gasteiger charge is -2.01. The number of rotatable bonds is 2. The number of hydrogen-bond acceptors (Lipinski definition) is 6. The van der Waals surface area contributed by atoms with E-state index in [1.807, 2.05) is 0 Å². The average molecular weight is 224 g/mol. The first-order valence-electron chi connectivity index (χ1n) is 4.56. The van der Waals surface area contributed by atoms with E-state index in [1.54, 1.807) is 6.92 Å². The first-order chi connectivity index (χ1) is 7.70. The van der Waals surface area contributed by atoms with Crippen molar-refractivity contribution in [1.29, 1.82) is 0 Å². The zero-order valence-corrected chi connectivity index (χ0v) is 8.39. The third-order valence-corrected chi connectivity index (χ3v) is 1.80. The average Bonchev–Trinajstić information content (AvgIpc) is 2.66. The fraction of sp³-hybridized carbons (Fsp3) is 0.200. The van der Waals surface area contributed by atoms with Gasteiger partial charge in [0.1, 0.15) is 11.0 Å². The smallest absolute Gasteiger partial charge is 0.464 e. The van der Waals surface area contributed by atoms with Crippen LogP contribution in [0.25, 0.3) is 11.0 Å². The van der Waals surface area contributed by atoms with Gasteiger partial charge < -0.3 is 18.3 Å². The zero-order valence-electron chi connectivity index (χ0n) is 8.39. The fourth-order valence-electron chi connectivity index (χ4n) is 1.16. The van der Waals surface area contributed by atoms with Crippen LogP contribution < -0.4 is 10.4 Å². The van der Waals surface area contributed by atoms with Gasteiger partial charge in [0.2, 0.25) is 0 Å². The highest BCUT2D eigenvalue weighted by Gasteiger charge is 2.11. The molecule has 16 heavy (non-hydrogen) atoms. The van der Waals surface area contributed by atoms with Gasteiger partial charge in [0.05, 0.1) is 18.9 Å². The van der Waals surface area contributed by atoms with Gasteiger partial charge in [0.25, 0.3) is 0 Å². The van der Waals surface area contributed by atoms with Gasteiger partial charge in [0, 0.05) is 0 Å². The van der Waals surface area contributed by atoms with Crippen LogP contribution in [0.5, 0.6) is 5.95 Å². The van der Waals surface area contributed by atoms with Gasteiger partial charge in [-0.15, -0.1) is 0 Å². The Labute approximate surface area is 89.4 Å². The van der Waals surface area contributed by atoms with Gasteiger partial charge in [-0.3, -0.25) is 0 Å². The fourth-order valence-corrected chi connectivity index (χ4v) is 1.16.